The van der Waals surface area contributed by atoms with Crippen LogP contribution in [0.15, 0.2) is 30.3 Å². The van der Waals surface area contributed by atoms with Crippen molar-refractivity contribution in [3.05, 3.63) is 41.7 Å². The molecule has 1 aromatic carbocycles. The summed E-state index contributed by atoms with van der Waals surface area (Å²) in [6, 6.07) is 6.96. The van der Waals surface area contributed by atoms with Gasteiger partial charge in [0.2, 0.25) is 0 Å². The lowest BCUT2D eigenvalue weighted by Gasteiger charge is -2.22. The first kappa shape index (κ1) is 16.3. The molecule has 1 unspecified atom stereocenters. The van der Waals surface area contributed by atoms with Gasteiger partial charge in [0.05, 0.1) is 0 Å². The Hall–Kier alpha value is -1.11. The number of rotatable bonds is 8. The fraction of sp³-hybridized carbons (Fsp3) is 0.600. The van der Waals surface area contributed by atoms with Gasteiger partial charge in [-0.05, 0) is 48.4 Å². The molecule has 0 spiro atoms. The molecular formula is C20H29F. The van der Waals surface area contributed by atoms with Crippen molar-refractivity contribution in [3.8, 4) is 0 Å². The molecule has 21 heavy (non-hydrogen) atoms. The standard InChI is InChI=1S/C20H29F/c1-2-3-4-5-6-7-8-17-9-11-18(12-10-17)19-13-15-20(21)16-14-19/h11,13-17H,2-10,12H2,1H3. The maximum absolute atomic E-state index is 12.9. The summed E-state index contributed by atoms with van der Waals surface area (Å²) in [5.74, 6) is 0.733. The van der Waals surface area contributed by atoms with Crippen molar-refractivity contribution in [2.24, 2.45) is 5.92 Å². The van der Waals surface area contributed by atoms with Crippen LogP contribution in [0.5, 0.6) is 0 Å². The van der Waals surface area contributed by atoms with E-state index in [9.17, 15) is 4.39 Å². The summed E-state index contributed by atoms with van der Waals surface area (Å²) in [4.78, 5) is 0. The molecule has 2 rings (SSSR count). The Morgan fingerprint density at radius 2 is 1.71 bits per heavy atom. The van der Waals surface area contributed by atoms with E-state index in [1.54, 1.807) is 12.1 Å². The molecule has 1 aliphatic rings. The monoisotopic (exact) mass is 288 g/mol. The van der Waals surface area contributed by atoms with E-state index in [-0.39, 0.29) is 5.82 Å². The van der Waals surface area contributed by atoms with Gasteiger partial charge in [0, 0.05) is 0 Å². The van der Waals surface area contributed by atoms with Gasteiger partial charge >= 0.3 is 0 Å². The van der Waals surface area contributed by atoms with Crippen molar-refractivity contribution in [3.63, 3.8) is 0 Å². The predicted octanol–water partition coefficient (Wildman–Crippen LogP) is 6.76. The summed E-state index contributed by atoms with van der Waals surface area (Å²) >= 11 is 0. The van der Waals surface area contributed by atoms with Gasteiger partial charge in [-0.1, -0.05) is 70.1 Å². The second-order valence-electron chi connectivity index (χ2n) is 6.43. The second-order valence-corrected chi connectivity index (χ2v) is 6.43. The van der Waals surface area contributed by atoms with Gasteiger partial charge in [0.25, 0.3) is 0 Å². The van der Waals surface area contributed by atoms with Crippen molar-refractivity contribution in [2.75, 3.05) is 0 Å². The predicted molar refractivity (Wildman–Crippen MR) is 89.7 cm³/mol. The lowest BCUT2D eigenvalue weighted by molar-refractivity contribution is 0.423. The van der Waals surface area contributed by atoms with Crippen LogP contribution in [0.2, 0.25) is 0 Å². The van der Waals surface area contributed by atoms with E-state index >= 15 is 0 Å². The third-order valence-electron chi connectivity index (χ3n) is 4.70. The largest absolute Gasteiger partial charge is 0.207 e. The van der Waals surface area contributed by atoms with Crippen molar-refractivity contribution in [1.29, 1.82) is 0 Å². The van der Waals surface area contributed by atoms with Crippen LogP contribution >= 0.6 is 0 Å². The molecule has 1 atom stereocenters. The molecule has 0 nitrogen and oxygen atoms in total. The molecule has 0 fully saturated rings. The Morgan fingerprint density at radius 3 is 2.38 bits per heavy atom. The highest BCUT2D eigenvalue weighted by molar-refractivity contribution is 5.66. The highest BCUT2D eigenvalue weighted by Crippen LogP contribution is 2.32. The lowest BCUT2D eigenvalue weighted by Crippen LogP contribution is -2.05. The van der Waals surface area contributed by atoms with Gasteiger partial charge < -0.3 is 0 Å². The van der Waals surface area contributed by atoms with Gasteiger partial charge in [-0.15, -0.1) is 0 Å². The van der Waals surface area contributed by atoms with Crippen molar-refractivity contribution in [2.45, 2.75) is 71.1 Å². The van der Waals surface area contributed by atoms with Crippen LogP contribution < -0.4 is 0 Å². The van der Waals surface area contributed by atoms with Crippen LogP contribution in [-0.4, -0.2) is 0 Å². The normalized spacial score (nSPS) is 18.6. The van der Waals surface area contributed by atoms with Crippen LogP contribution in [0.4, 0.5) is 4.39 Å². The molecule has 0 aliphatic heterocycles. The molecule has 0 saturated carbocycles. The third kappa shape index (κ3) is 5.65. The molecule has 0 N–H and O–H groups in total. The maximum atomic E-state index is 12.9. The molecule has 1 heteroatoms. The highest BCUT2D eigenvalue weighted by Gasteiger charge is 2.15. The Bertz CT molecular complexity index is 430. The number of halogens is 1. The van der Waals surface area contributed by atoms with Crippen molar-refractivity contribution < 1.29 is 4.39 Å². The lowest BCUT2D eigenvalue weighted by atomic mass is 9.84. The third-order valence-corrected chi connectivity index (χ3v) is 4.70. The fourth-order valence-corrected chi connectivity index (χ4v) is 3.29. The van der Waals surface area contributed by atoms with Gasteiger partial charge in [-0.25, -0.2) is 4.39 Å². The first-order valence-electron chi connectivity index (χ1n) is 8.74. The maximum Gasteiger partial charge on any atom is 0.123 e. The minimum atomic E-state index is -0.142. The molecular weight excluding hydrogens is 259 g/mol. The summed E-state index contributed by atoms with van der Waals surface area (Å²) in [7, 11) is 0. The van der Waals surface area contributed by atoms with Crippen LogP contribution in [0.1, 0.15) is 76.7 Å². The number of benzene rings is 1. The van der Waals surface area contributed by atoms with E-state index in [0.29, 0.717) is 0 Å². The molecule has 0 saturated heterocycles. The summed E-state index contributed by atoms with van der Waals surface area (Å²) in [6.45, 7) is 2.27. The van der Waals surface area contributed by atoms with Crippen LogP contribution in [0.25, 0.3) is 5.57 Å². The number of unbranched alkanes of at least 4 members (excludes halogenated alkanes) is 5. The Kier molecular flexibility index (Phi) is 6.99. The number of hydrogen-bond acceptors (Lipinski definition) is 0. The van der Waals surface area contributed by atoms with Crippen molar-refractivity contribution in [1.82, 2.24) is 0 Å². The SMILES string of the molecule is CCCCCCCCC1CC=C(c2ccc(F)cc2)CC1. The zero-order valence-electron chi connectivity index (χ0n) is 13.4. The summed E-state index contributed by atoms with van der Waals surface area (Å²) in [5, 5.41) is 0. The zero-order valence-corrected chi connectivity index (χ0v) is 13.4. The van der Waals surface area contributed by atoms with Crippen LogP contribution in [0, 0.1) is 11.7 Å². The van der Waals surface area contributed by atoms with E-state index < -0.39 is 0 Å². The van der Waals surface area contributed by atoms with Crippen molar-refractivity contribution >= 4 is 5.57 Å². The Balaban J connectivity index is 1.68. The van der Waals surface area contributed by atoms with Gasteiger partial charge in [-0.2, -0.15) is 0 Å². The van der Waals surface area contributed by atoms with E-state index in [4.69, 9.17) is 0 Å². The molecule has 0 heterocycles. The first-order chi connectivity index (χ1) is 10.3. The molecule has 0 radical (unpaired) electrons. The first-order valence-corrected chi connectivity index (χ1v) is 8.74. The number of hydrogen-bond donors (Lipinski definition) is 0. The second kappa shape index (κ2) is 9.02. The topological polar surface area (TPSA) is 0 Å². The van der Waals surface area contributed by atoms with Crippen LogP contribution in [-0.2, 0) is 0 Å². The summed E-state index contributed by atoms with van der Waals surface area (Å²) < 4.78 is 12.9. The zero-order chi connectivity index (χ0) is 14.9. The fourth-order valence-electron chi connectivity index (χ4n) is 3.29. The highest BCUT2D eigenvalue weighted by atomic mass is 19.1. The Morgan fingerprint density at radius 1 is 1.00 bits per heavy atom. The molecule has 1 aromatic rings. The molecule has 0 amide bonds. The minimum absolute atomic E-state index is 0.142. The van der Waals surface area contributed by atoms with Gasteiger partial charge in [0.1, 0.15) is 5.82 Å². The summed E-state index contributed by atoms with van der Waals surface area (Å²) in [5.41, 5.74) is 2.61. The van der Waals surface area contributed by atoms with E-state index in [1.807, 2.05) is 12.1 Å². The smallest absolute Gasteiger partial charge is 0.123 e. The molecule has 1 aliphatic carbocycles. The minimum Gasteiger partial charge on any atom is -0.207 e. The summed E-state index contributed by atoms with van der Waals surface area (Å²) in [6.07, 6.45) is 15.8. The van der Waals surface area contributed by atoms with E-state index in [2.05, 4.69) is 13.0 Å². The molecule has 116 valence electrons. The molecule has 0 aromatic heterocycles. The van der Waals surface area contributed by atoms with Gasteiger partial charge in [-0.3, -0.25) is 0 Å². The average Bonchev–Trinajstić information content (AvgIpc) is 2.52. The van der Waals surface area contributed by atoms with E-state index in [1.165, 1.54) is 68.9 Å². The average molecular weight is 288 g/mol. The van der Waals surface area contributed by atoms with Crippen LogP contribution in [0.3, 0.4) is 0 Å². The molecule has 0 bridgehead atoms. The number of allylic oxidation sites excluding steroid dienone is 2. The quantitative estimate of drug-likeness (QED) is 0.463. The van der Waals surface area contributed by atoms with E-state index in [0.717, 1.165) is 12.3 Å². The Labute approximate surface area is 129 Å². The van der Waals surface area contributed by atoms with Gasteiger partial charge in [0.15, 0.2) is 0 Å².